The van der Waals surface area contributed by atoms with Crippen LogP contribution in [0.4, 0.5) is 11.4 Å². The van der Waals surface area contributed by atoms with Crippen LogP contribution >= 0.6 is 0 Å². The maximum atomic E-state index is 12.9. The Morgan fingerprint density at radius 2 is 2.00 bits per heavy atom. The molecule has 0 unspecified atom stereocenters. The number of aromatic nitrogens is 1. The number of benzene rings is 1. The molecule has 0 saturated carbocycles. The van der Waals surface area contributed by atoms with Gasteiger partial charge < -0.3 is 19.2 Å². The lowest BCUT2D eigenvalue weighted by molar-refractivity contribution is -0.119. The molecule has 1 aliphatic heterocycles. The molecule has 2 aromatic heterocycles. The zero-order valence-corrected chi connectivity index (χ0v) is 16.8. The van der Waals surface area contributed by atoms with Gasteiger partial charge in [0.2, 0.25) is 5.91 Å². The highest BCUT2D eigenvalue weighted by Crippen LogP contribution is 2.25. The molecule has 1 saturated heterocycles. The highest BCUT2D eigenvalue weighted by atomic mass is 16.3. The number of nitrogens with zero attached hydrogens (tertiary/aromatic N) is 2. The minimum atomic E-state index is -0.161. The number of amides is 2. The van der Waals surface area contributed by atoms with Gasteiger partial charge in [0.25, 0.3) is 5.91 Å². The van der Waals surface area contributed by atoms with E-state index in [-0.39, 0.29) is 11.8 Å². The van der Waals surface area contributed by atoms with E-state index in [0.717, 1.165) is 42.2 Å². The first-order valence-corrected chi connectivity index (χ1v) is 9.94. The Morgan fingerprint density at radius 1 is 1.14 bits per heavy atom. The average molecular weight is 391 g/mol. The maximum Gasteiger partial charge on any atom is 0.257 e. The summed E-state index contributed by atoms with van der Waals surface area (Å²) in [5.74, 6) is 0.824. The normalized spacial score (nSPS) is 14.3. The van der Waals surface area contributed by atoms with Crippen LogP contribution in [0.15, 0.2) is 53.1 Å². The smallest absolute Gasteiger partial charge is 0.257 e. The summed E-state index contributed by atoms with van der Waals surface area (Å²) in [5.41, 5.74) is 4.03. The third-order valence-corrected chi connectivity index (χ3v) is 5.45. The first kappa shape index (κ1) is 19.1. The van der Waals surface area contributed by atoms with Crippen LogP contribution in [0, 0.1) is 13.8 Å². The fourth-order valence-electron chi connectivity index (χ4n) is 3.86. The number of aryl methyl sites for hydroxylation is 1. The van der Waals surface area contributed by atoms with Gasteiger partial charge >= 0.3 is 0 Å². The highest BCUT2D eigenvalue weighted by Gasteiger charge is 2.21. The highest BCUT2D eigenvalue weighted by molar-refractivity contribution is 6.05. The number of rotatable bonds is 5. The van der Waals surface area contributed by atoms with Crippen molar-refractivity contribution in [3.8, 4) is 0 Å². The summed E-state index contributed by atoms with van der Waals surface area (Å²) in [6.45, 7) is 5.23. The van der Waals surface area contributed by atoms with Crippen LogP contribution in [0.3, 0.4) is 0 Å². The van der Waals surface area contributed by atoms with Gasteiger partial charge in [-0.05, 0) is 63.1 Å². The summed E-state index contributed by atoms with van der Waals surface area (Å²) >= 11 is 0. The van der Waals surface area contributed by atoms with Crippen LogP contribution in [0.5, 0.6) is 0 Å². The van der Waals surface area contributed by atoms with Crippen molar-refractivity contribution in [3.63, 3.8) is 0 Å². The van der Waals surface area contributed by atoms with Crippen molar-refractivity contribution in [2.45, 2.75) is 39.7 Å². The van der Waals surface area contributed by atoms with Gasteiger partial charge in [-0.15, -0.1) is 0 Å². The minimum absolute atomic E-state index is 0.140. The molecule has 0 radical (unpaired) electrons. The van der Waals surface area contributed by atoms with Gasteiger partial charge in [0, 0.05) is 35.7 Å². The number of carbonyl (C=O) groups is 2. The monoisotopic (exact) mass is 391 g/mol. The second-order valence-electron chi connectivity index (χ2n) is 7.46. The molecule has 4 rings (SSSR count). The SMILES string of the molecule is Cc1cc(C(=O)Nc2cccc(N3CCCCC3=O)c2)c(C)n1Cc1ccco1. The van der Waals surface area contributed by atoms with E-state index in [1.54, 1.807) is 11.2 Å². The third kappa shape index (κ3) is 3.97. The van der Waals surface area contributed by atoms with Crippen molar-refractivity contribution in [3.05, 3.63) is 71.4 Å². The van der Waals surface area contributed by atoms with Crippen molar-refractivity contribution in [1.29, 1.82) is 0 Å². The van der Waals surface area contributed by atoms with E-state index >= 15 is 0 Å². The molecule has 1 aliphatic rings. The minimum Gasteiger partial charge on any atom is -0.467 e. The molecule has 0 aliphatic carbocycles. The van der Waals surface area contributed by atoms with E-state index < -0.39 is 0 Å². The predicted octanol–water partition coefficient (Wildman–Crippen LogP) is 4.52. The number of hydrogen-bond acceptors (Lipinski definition) is 3. The largest absolute Gasteiger partial charge is 0.467 e. The molecule has 0 bridgehead atoms. The van der Waals surface area contributed by atoms with Gasteiger partial charge in [0.05, 0.1) is 18.4 Å². The zero-order valence-electron chi connectivity index (χ0n) is 16.8. The second-order valence-corrected chi connectivity index (χ2v) is 7.46. The fraction of sp³-hybridized carbons (Fsp3) is 0.304. The average Bonchev–Trinajstić information content (AvgIpc) is 3.32. The Kier molecular flexibility index (Phi) is 5.25. The van der Waals surface area contributed by atoms with Crippen LogP contribution in [-0.2, 0) is 11.3 Å². The lowest BCUT2D eigenvalue weighted by Crippen LogP contribution is -2.35. The van der Waals surface area contributed by atoms with Crippen LogP contribution < -0.4 is 10.2 Å². The zero-order chi connectivity index (χ0) is 20.4. The van der Waals surface area contributed by atoms with Gasteiger partial charge in [-0.1, -0.05) is 6.07 Å². The maximum absolute atomic E-state index is 12.9. The standard InChI is InChI=1S/C23H25N3O3/c1-16-13-21(17(2)26(16)15-20-9-6-12-29-20)23(28)24-18-7-5-8-19(14-18)25-11-4-3-10-22(25)27/h5-9,12-14H,3-4,10-11,15H2,1-2H3,(H,24,28). The van der Waals surface area contributed by atoms with Crippen LogP contribution in [0.2, 0.25) is 0 Å². The van der Waals surface area contributed by atoms with Crippen LogP contribution in [-0.4, -0.2) is 22.9 Å². The molecule has 0 atom stereocenters. The second kappa shape index (κ2) is 7.99. The lowest BCUT2D eigenvalue weighted by atomic mass is 10.1. The summed E-state index contributed by atoms with van der Waals surface area (Å²) in [6.07, 6.45) is 4.18. The summed E-state index contributed by atoms with van der Waals surface area (Å²) in [5, 5.41) is 2.98. The Hall–Kier alpha value is -3.28. The molecule has 3 aromatic rings. The number of anilines is 2. The van der Waals surface area contributed by atoms with Gasteiger partial charge in [-0.3, -0.25) is 9.59 Å². The molecule has 6 nitrogen and oxygen atoms in total. The summed E-state index contributed by atoms with van der Waals surface area (Å²) in [7, 11) is 0. The summed E-state index contributed by atoms with van der Waals surface area (Å²) < 4.78 is 7.50. The van der Waals surface area contributed by atoms with E-state index in [1.165, 1.54) is 0 Å². The van der Waals surface area contributed by atoms with E-state index in [4.69, 9.17) is 4.42 Å². The molecule has 1 N–H and O–H groups in total. The molecular formula is C23H25N3O3. The Bertz CT molecular complexity index is 1030. The Balaban J connectivity index is 1.53. The Labute approximate surface area is 170 Å². The molecule has 1 aromatic carbocycles. The van der Waals surface area contributed by atoms with Crippen molar-refractivity contribution in [2.75, 3.05) is 16.8 Å². The van der Waals surface area contributed by atoms with E-state index in [0.29, 0.717) is 24.2 Å². The molecule has 0 spiro atoms. The van der Waals surface area contributed by atoms with Crippen LogP contribution in [0.25, 0.3) is 0 Å². The van der Waals surface area contributed by atoms with Crippen molar-refractivity contribution in [1.82, 2.24) is 4.57 Å². The van der Waals surface area contributed by atoms with Gasteiger partial charge in [0.1, 0.15) is 5.76 Å². The molecule has 150 valence electrons. The number of piperidine rings is 1. The summed E-state index contributed by atoms with van der Waals surface area (Å²) in [4.78, 5) is 26.9. The van der Waals surface area contributed by atoms with Crippen molar-refractivity contribution in [2.24, 2.45) is 0 Å². The van der Waals surface area contributed by atoms with Crippen molar-refractivity contribution >= 4 is 23.2 Å². The molecule has 3 heterocycles. The number of carbonyl (C=O) groups excluding carboxylic acids is 2. The number of furan rings is 1. The van der Waals surface area contributed by atoms with Gasteiger partial charge in [-0.2, -0.15) is 0 Å². The van der Waals surface area contributed by atoms with E-state index in [9.17, 15) is 9.59 Å². The van der Waals surface area contributed by atoms with Gasteiger partial charge in [0.15, 0.2) is 0 Å². The first-order valence-electron chi connectivity index (χ1n) is 9.94. The number of nitrogens with one attached hydrogen (secondary N) is 1. The molecule has 2 amide bonds. The first-order chi connectivity index (χ1) is 14.0. The predicted molar refractivity (Wildman–Crippen MR) is 112 cm³/mol. The Morgan fingerprint density at radius 3 is 2.76 bits per heavy atom. The summed E-state index contributed by atoms with van der Waals surface area (Å²) in [6, 6.07) is 13.2. The lowest BCUT2D eigenvalue weighted by Gasteiger charge is -2.27. The molecule has 29 heavy (non-hydrogen) atoms. The number of hydrogen-bond donors (Lipinski definition) is 1. The molecule has 1 fully saturated rings. The van der Waals surface area contributed by atoms with Gasteiger partial charge in [-0.25, -0.2) is 0 Å². The quantitative estimate of drug-likeness (QED) is 0.696. The topological polar surface area (TPSA) is 67.5 Å². The van der Waals surface area contributed by atoms with E-state index in [1.807, 2.05) is 56.3 Å². The van der Waals surface area contributed by atoms with E-state index in [2.05, 4.69) is 9.88 Å². The van der Waals surface area contributed by atoms with Crippen LogP contribution in [0.1, 0.15) is 46.8 Å². The fourth-order valence-corrected chi connectivity index (χ4v) is 3.86. The molecular weight excluding hydrogens is 366 g/mol. The van der Waals surface area contributed by atoms with Crippen molar-refractivity contribution < 1.29 is 14.0 Å². The molecule has 6 heteroatoms. The third-order valence-electron chi connectivity index (χ3n) is 5.45.